The molecule has 7 nitrogen and oxygen atoms in total. The van der Waals surface area contributed by atoms with Crippen molar-refractivity contribution in [2.24, 2.45) is 0 Å². The molecule has 1 atom stereocenters. The van der Waals surface area contributed by atoms with Crippen molar-refractivity contribution < 1.29 is 4.79 Å². The number of carbonyl (C=O) groups is 1. The van der Waals surface area contributed by atoms with Crippen LogP contribution in [0.1, 0.15) is 0 Å². The van der Waals surface area contributed by atoms with Crippen LogP contribution in [0.25, 0.3) is 10.8 Å². The molecule has 1 saturated heterocycles. The zero-order valence-corrected chi connectivity index (χ0v) is 13.6. The maximum atomic E-state index is 13.0. The Morgan fingerprint density at radius 2 is 2.08 bits per heavy atom. The molecule has 8 heteroatoms. The number of fused-ring (bicyclic) bond motifs is 1. The first kappa shape index (κ1) is 15.3. The van der Waals surface area contributed by atoms with Crippen LogP contribution >= 0.6 is 11.6 Å². The predicted molar refractivity (Wildman–Crippen MR) is 93.4 cm³/mol. The standard InChI is InChI=1S/C17H11ClN6O/c18-12-5-16(22-21-8-12)23-10-13(6-19)24(17(23)25)15-9-20-7-11-3-1-2-4-14(11)15/h1-5,7-9,13H,10H2. The quantitative estimate of drug-likeness (QED) is 0.709. The van der Waals surface area contributed by atoms with E-state index in [0.717, 1.165) is 10.8 Å². The Bertz CT molecular complexity index is 1010. The summed E-state index contributed by atoms with van der Waals surface area (Å²) in [5, 5.41) is 19.4. The molecule has 3 heterocycles. The minimum absolute atomic E-state index is 0.174. The highest BCUT2D eigenvalue weighted by Gasteiger charge is 2.40. The summed E-state index contributed by atoms with van der Waals surface area (Å²) < 4.78 is 0. The first-order valence-electron chi connectivity index (χ1n) is 7.50. The van der Waals surface area contributed by atoms with Crippen molar-refractivity contribution >= 4 is 39.9 Å². The molecule has 0 saturated carbocycles. The van der Waals surface area contributed by atoms with E-state index in [-0.39, 0.29) is 12.6 Å². The van der Waals surface area contributed by atoms with Crippen molar-refractivity contribution in [2.45, 2.75) is 6.04 Å². The topological polar surface area (TPSA) is 86.0 Å². The number of amides is 2. The zero-order chi connectivity index (χ0) is 17.4. The highest BCUT2D eigenvalue weighted by molar-refractivity contribution is 6.30. The number of carbonyl (C=O) groups excluding carboxylic acids is 1. The second-order valence-corrected chi connectivity index (χ2v) is 5.96. The minimum Gasteiger partial charge on any atom is -0.273 e. The SMILES string of the molecule is N#CC1CN(c2cc(Cl)cnn2)C(=O)N1c1cncc2ccccc12. The predicted octanol–water partition coefficient (Wildman–Crippen LogP) is 3.02. The van der Waals surface area contributed by atoms with Crippen LogP contribution in [0.4, 0.5) is 16.3 Å². The van der Waals surface area contributed by atoms with E-state index in [2.05, 4.69) is 21.3 Å². The third-order valence-corrected chi connectivity index (χ3v) is 4.25. The van der Waals surface area contributed by atoms with Crippen LogP contribution in [-0.4, -0.2) is 33.8 Å². The molecule has 1 unspecified atom stereocenters. The molecule has 1 aliphatic rings. The summed E-state index contributed by atoms with van der Waals surface area (Å²) in [5.74, 6) is 0.313. The van der Waals surface area contributed by atoms with Gasteiger partial charge in [0.15, 0.2) is 5.82 Å². The molecular weight excluding hydrogens is 340 g/mol. The van der Waals surface area contributed by atoms with E-state index < -0.39 is 6.04 Å². The van der Waals surface area contributed by atoms with Crippen LogP contribution in [0.2, 0.25) is 5.02 Å². The lowest BCUT2D eigenvalue weighted by molar-refractivity contribution is 0.255. The van der Waals surface area contributed by atoms with E-state index in [0.29, 0.717) is 16.5 Å². The van der Waals surface area contributed by atoms with Gasteiger partial charge in [-0.25, -0.2) is 4.79 Å². The Labute approximate surface area is 148 Å². The van der Waals surface area contributed by atoms with Gasteiger partial charge in [-0.2, -0.15) is 10.4 Å². The monoisotopic (exact) mass is 350 g/mol. The van der Waals surface area contributed by atoms with Gasteiger partial charge in [-0.15, -0.1) is 5.10 Å². The molecule has 2 aromatic heterocycles. The number of halogens is 1. The average molecular weight is 351 g/mol. The Kier molecular flexibility index (Phi) is 3.67. The van der Waals surface area contributed by atoms with Gasteiger partial charge in [-0.1, -0.05) is 35.9 Å². The number of pyridine rings is 1. The van der Waals surface area contributed by atoms with E-state index in [1.54, 1.807) is 18.5 Å². The lowest BCUT2D eigenvalue weighted by Gasteiger charge is -2.20. The summed E-state index contributed by atoms with van der Waals surface area (Å²) in [6, 6.07) is 10.3. The summed E-state index contributed by atoms with van der Waals surface area (Å²) in [7, 11) is 0. The fourth-order valence-electron chi connectivity index (χ4n) is 2.91. The summed E-state index contributed by atoms with van der Waals surface area (Å²) in [5.41, 5.74) is 0.590. The number of hydrogen-bond acceptors (Lipinski definition) is 5. The summed E-state index contributed by atoms with van der Waals surface area (Å²) in [4.78, 5) is 20.0. The van der Waals surface area contributed by atoms with Gasteiger partial charge in [-0.05, 0) is 0 Å². The Morgan fingerprint density at radius 3 is 2.88 bits per heavy atom. The van der Waals surface area contributed by atoms with Gasteiger partial charge in [0.1, 0.15) is 6.04 Å². The smallest absolute Gasteiger partial charge is 0.273 e. The second-order valence-electron chi connectivity index (χ2n) is 5.52. The number of benzene rings is 1. The van der Waals surface area contributed by atoms with Gasteiger partial charge in [0.25, 0.3) is 0 Å². The summed E-state index contributed by atoms with van der Waals surface area (Å²) in [6.07, 6.45) is 4.71. The molecule has 0 aliphatic carbocycles. The molecule has 1 aromatic carbocycles. The third kappa shape index (κ3) is 2.53. The highest BCUT2D eigenvalue weighted by Crippen LogP contribution is 2.32. The van der Waals surface area contributed by atoms with Crippen molar-refractivity contribution in [1.82, 2.24) is 15.2 Å². The van der Waals surface area contributed by atoms with Crippen LogP contribution in [0.15, 0.2) is 48.9 Å². The van der Waals surface area contributed by atoms with Gasteiger partial charge in [0, 0.05) is 23.0 Å². The molecule has 0 bridgehead atoms. The number of urea groups is 1. The van der Waals surface area contributed by atoms with Crippen molar-refractivity contribution in [3.8, 4) is 6.07 Å². The second kappa shape index (κ2) is 6.00. The molecule has 0 spiro atoms. The molecule has 1 fully saturated rings. The maximum Gasteiger partial charge on any atom is 0.331 e. The molecule has 25 heavy (non-hydrogen) atoms. The van der Waals surface area contributed by atoms with Gasteiger partial charge >= 0.3 is 6.03 Å². The largest absolute Gasteiger partial charge is 0.331 e. The Morgan fingerprint density at radius 1 is 1.24 bits per heavy atom. The van der Waals surface area contributed by atoms with E-state index >= 15 is 0 Å². The molecule has 1 aliphatic heterocycles. The molecule has 0 N–H and O–H groups in total. The summed E-state index contributed by atoms with van der Waals surface area (Å²) in [6.45, 7) is 0.174. The number of rotatable bonds is 2. The van der Waals surface area contributed by atoms with Gasteiger partial charge in [0.2, 0.25) is 0 Å². The molecule has 4 rings (SSSR count). The van der Waals surface area contributed by atoms with Crippen LogP contribution in [0.3, 0.4) is 0 Å². The van der Waals surface area contributed by atoms with E-state index in [1.807, 2.05) is 24.3 Å². The van der Waals surface area contributed by atoms with Crippen molar-refractivity contribution in [3.05, 3.63) is 53.9 Å². The average Bonchev–Trinajstić information content (AvgIpc) is 2.97. The van der Waals surface area contributed by atoms with Crippen LogP contribution < -0.4 is 9.80 Å². The third-order valence-electron chi connectivity index (χ3n) is 4.04. The van der Waals surface area contributed by atoms with Crippen LogP contribution in [0, 0.1) is 11.3 Å². The van der Waals surface area contributed by atoms with Gasteiger partial charge < -0.3 is 0 Å². The molecule has 0 radical (unpaired) electrons. The lowest BCUT2D eigenvalue weighted by Crippen LogP contribution is -2.35. The molecule has 3 aromatic rings. The fourth-order valence-corrected chi connectivity index (χ4v) is 3.06. The number of nitrogens with zero attached hydrogens (tertiary/aromatic N) is 6. The molecule has 122 valence electrons. The van der Waals surface area contributed by atoms with Crippen molar-refractivity contribution in [1.29, 1.82) is 5.26 Å². The van der Waals surface area contributed by atoms with Gasteiger partial charge in [-0.3, -0.25) is 14.8 Å². The zero-order valence-electron chi connectivity index (χ0n) is 12.9. The molecular formula is C17H11ClN6O. The number of aromatic nitrogens is 3. The summed E-state index contributed by atoms with van der Waals surface area (Å²) >= 11 is 5.94. The van der Waals surface area contributed by atoms with Crippen molar-refractivity contribution in [2.75, 3.05) is 16.3 Å². The lowest BCUT2D eigenvalue weighted by atomic mass is 10.1. The molecule has 2 amide bonds. The first-order chi connectivity index (χ1) is 12.2. The van der Waals surface area contributed by atoms with E-state index in [1.165, 1.54) is 16.0 Å². The number of anilines is 2. The minimum atomic E-state index is -0.666. The van der Waals surface area contributed by atoms with Crippen LogP contribution in [-0.2, 0) is 0 Å². The van der Waals surface area contributed by atoms with Crippen molar-refractivity contribution in [3.63, 3.8) is 0 Å². The Hall–Kier alpha value is -3.24. The maximum absolute atomic E-state index is 13.0. The first-order valence-corrected chi connectivity index (χ1v) is 7.88. The number of nitriles is 1. The van der Waals surface area contributed by atoms with E-state index in [4.69, 9.17) is 11.6 Å². The Balaban J connectivity index is 1.81. The highest BCUT2D eigenvalue weighted by atomic mass is 35.5. The van der Waals surface area contributed by atoms with Gasteiger partial charge in [0.05, 0.1) is 35.7 Å². The number of hydrogen-bond donors (Lipinski definition) is 0. The van der Waals surface area contributed by atoms with Crippen LogP contribution in [0.5, 0.6) is 0 Å². The van der Waals surface area contributed by atoms with E-state index in [9.17, 15) is 10.1 Å². The normalized spacial score (nSPS) is 17.1. The fraction of sp³-hybridized carbons (Fsp3) is 0.118.